The molecule has 0 N–H and O–H groups in total. The summed E-state index contributed by atoms with van der Waals surface area (Å²) < 4.78 is 0. The highest BCUT2D eigenvalue weighted by atomic mass is 16.1. The highest BCUT2D eigenvalue weighted by Crippen LogP contribution is 2.21. The summed E-state index contributed by atoms with van der Waals surface area (Å²) in [6.45, 7) is 3.45. The first-order valence-corrected chi connectivity index (χ1v) is 6.36. The molecule has 0 amide bonds. The number of rotatable bonds is 4. The molecule has 1 aliphatic heterocycles. The van der Waals surface area contributed by atoms with Crippen molar-refractivity contribution in [2.24, 2.45) is 5.92 Å². The van der Waals surface area contributed by atoms with Gasteiger partial charge in [-0.25, -0.2) is 0 Å². The molecule has 0 saturated carbocycles. The molecule has 0 radical (unpaired) electrons. The molecule has 2 heterocycles. The summed E-state index contributed by atoms with van der Waals surface area (Å²) in [6.07, 6.45) is 6.09. The highest BCUT2D eigenvalue weighted by molar-refractivity contribution is 5.97. The Morgan fingerprint density at radius 1 is 1.61 bits per heavy atom. The van der Waals surface area contributed by atoms with Crippen LogP contribution in [0.2, 0.25) is 0 Å². The van der Waals surface area contributed by atoms with Gasteiger partial charge in [-0.15, -0.1) is 0 Å². The van der Waals surface area contributed by atoms with Gasteiger partial charge in [0, 0.05) is 30.4 Å². The Kier molecular flexibility index (Phi) is 4.20. The average Bonchev–Trinajstić information content (AvgIpc) is 2.46. The number of carbonyl (C=O) groups is 2. The number of likely N-dealkylation sites (tertiary alicyclic amines) is 1. The molecular formula is C14H18N2O2. The summed E-state index contributed by atoms with van der Waals surface area (Å²) in [4.78, 5) is 29.2. The van der Waals surface area contributed by atoms with E-state index in [0.29, 0.717) is 12.1 Å². The topological polar surface area (TPSA) is 50.3 Å². The lowest BCUT2D eigenvalue weighted by Crippen LogP contribution is -2.44. The first-order valence-electron chi connectivity index (χ1n) is 6.36. The molecule has 2 unspecified atom stereocenters. The minimum Gasteiger partial charge on any atom is -0.302 e. The molecule has 0 aliphatic carbocycles. The number of carbonyl (C=O) groups excluding carboxylic acids is 2. The zero-order chi connectivity index (χ0) is 13.0. The second-order valence-corrected chi connectivity index (χ2v) is 4.82. The third kappa shape index (κ3) is 2.82. The third-order valence-electron chi connectivity index (χ3n) is 3.54. The molecule has 2 atom stereocenters. The minimum absolute atomic E-state index is 0.00894. The molecule has 1 aromatic rings. The third-order valence-corrected chi connectivity index (χ3v) is 3.54. The van der Waals surface area contributed by atoms with Gasteiger partial charge in [-0.3, -0.25) is 14.7 Å². The van der Waals surface area contributed by atoms with E-state index in [-0.39, 0.29) is 17.7 Å². The minimum atomic E-state index is -0.102. The van der Waals surface area contributed by atoms with Crippen molar-refractivity contribution >= 4 is 12.1 Å². The number of aromatic nitrogens is 1. The van der Waals surface area contributed by atoms with Gasteiger partial charge in [-0.2, -0.15) is 0 Å². The van der Waals surface area contributed by atoms with E-state index in [9.17, 15) is 9.59 Å². The molecule has 4 nitrogen and oxygen atoms in total. The summed E-state index contributed by atoms with van der Waals surface area (Å²) in [6, 6.07) is 3.48. The van der Waals surface area contributed by atoms with Gasteiger partial charge < -0.3 is 4.79 Å². The van der Waals surface area contributed by atoms with Crippen molar-refractivity contribution in [1.29, 1.82) is 0 Å². The molecule has 1 saturated heterocycles. The molecule has 18 heavy (non-hydrogen) atoms. The van der Waals surface area contributed by atoms with Crippen LogP contribution < -0.4 is 0 Å². The molecule has 96 valence electrons. The molecular weight excluding hydrogens is 228 g/mol. The number of pyridine rings is 1. The van der Waals surface area contributed by atoms with Crippen molar-refractivity contribution < 1.29 is 9.59 Å². The molecule has 4 heteroatoms. The molecule has 1 fully saturated rings. The van der Waals surface area contributed by atoms with Crippen molar-refractivity contribution in [2.45, 2.75) is 25.8 Å². The lowest BCUT2D eigenvalue weighted by molar-refractivity contribution is -0.112. The van der Waals surface area contributed by atoms with Gasteiger partial charge in [0.1, 0.15) is 6.29 Å². The van der Waals surface area contributed by atoms with Crippen LogP contribution in [0.15, 0.2) is 24.5 Å². The SMILES string of the molecule is CC(C=O)N1CCCC(C(=O)c2cccnc2)C1. The lowest BCUT2D eigenvalue weighted by atomic mass is 9.90. The van der Waals surface area contributed by atoms with Crippen LogP contribution in [0.5, 0.6) is 0 Å². The number of nitrogens with zero attached hydrogens (tertiary/aromatic N) is 2. The van der Waals surface area contributed by atoms with Crippen LogP contribution in [0.1, 0.15) is 30.1 Å². The Labute approximate surface area is 107 Å². The zero-order valence-corrected chi connectivity index (χ0v) is 10.6. The summed E-state index contributed by atoms with van der Waals surface area (Å²) in [7, 11) is 0. The van der Waals surface area contributed by atoms with Crippen LogP contribution >= 0.6 is 0 Å². The Morgan fingerprint density at radius 3 is 3.11 bits per heavy atom. The number of hydrogen-bond acceptors (Lipinski definition) is 4. The smallest absolute Gasteiger partial charge is 0.168 e. The number of hydrogen-bond donors (Lipinski definition) is 0. The first-order chi connectivity index (χ1) is 8.72. The lowest BCUT2D eigenvalue weighted by Gasteiger charge is -2.33. The van der Waals surface area contributed by atoms with E-state index in [2.05, 4.69) is 9.88 Å². The van der Waals surface area contributed by atoms with Gasteiger partial charge in [0.25, 0.3) is 0 Å². The fraction of sp³-hybridized carbons (Fsp3) is 0.500. The van der Waals surface area contributed by atoms with E-state index in [1.165, 1.54) is 0 Å². The molecule has 0 bridgehead atoms. The average molecular weight is 246 g/mol. The summed E-state index contributed by atoms with van der Waals surface area (Å²) >= 11 is 0. The number of piperidine rings is 1. The predicted octanol–water partition coefficient (Wildman–Crippen LogP) is 1.56. The maximum Gasteiger partial charge on any atom is 0.168 e. The van der Waals surface area contributed by atoms with E-state index >= 15 is 0 Å². The quantitative estimate of drug-likeness (QED) is 0.597. The largest absolute Gasteiger partial charge is 0.302 e. The van der Waals surface area contributed by atoms with Gasteiger partial charge in [0.15, 0.2) is 5.78 Å². The Morgan fingerprint density at radius 2 is 2.44 bits per heavy atom. The van der Waals surface area contributed by atoms with Gasteiger partial charge in [0.05, 0.1) is 6.04 Å². The van der Waals surface area contributed by atoms with Crippen molar-refractivity contribution in [3.05, 3.63) is 30.1 Å². The maximum atomic E-state index is 12.3. The van der Waals surface area contributed by atoms with Crippen LogP contribution in [0.25, 0.3) is 0 Å². The van der Waals surface area contributed by atoms with Gasteiger partial charge in [-0.05, 0) is 38.4 Å². The number of Topliss-reactive ketones (excluding diaryl/α,β-unsaturated/α-hetero) is 1. The second kappa shape index (κ2) is 5.87. The molecule has 2 rings (SSSR count). The summed E-state index contributed by atoms with van der Waals surface area (Å²) in [5.74, 6) is 0.135. The predicted molar refractivity (Wildman–Crippen MR) is 68.4 cm³/mol. The van der Waals surface area contributed by atoms with Gasteiger partial charge >= 0.3 is 0 Å². The number of aldehydes is 1. The standard InChI is InChI=1S/C14H18N2O2/c1-11(10-17)16-7-3-5-13(9-16)14(18)12-4-2-6-15-8-12/h2,4,6,8,10-11,13H,3,5,7,9H2,1H3. The summed E-state index contributed by atoms with van der Waals surface area (Å²) in [5.41, 5.74) is 0.670. The van der Waals surface area contributed by atoms with Crippen molar-refractivity contribution in [2.75, 3.05) is 13.1 Å². The normalized spacial score (nSPS) is 22.4. The van der Waals surface area contributed by atoms with Crippen LogP contribution in [0, 0.1) is 5.92 Å². The molecule has 0 spiro atoms. The van der Waals surface area contributed by atoms with E-state index in [1.807, 2.05) is 6.92 Å². The fourth-order valence-corrected chi connectivity index (χ4v) is 2.42. The fourth-order valence-electron chi connectivity index (χ4n) is 2.42. The van der Waals surface area contributed by atoms with Crippen molar-refractivity contribution in [1.82, 2.24) is 9.88 Å². The van der Waals surface area contributed by atoms with Crippen molar-refractivity contribution in [3.63, 3.8) is 0 Å². The van der Waals surface area contributed by atoms with Crippen LogP contribution in [-0.2, 0) is 4.79 Å². The molecule has 1 aliphatic rings. The Balaban J connectivity index is 2.05. The number of ketones is 1. The monoisotopic (exact) mass is 246 g/mol. The maximum absolute atomic E-state index is 12.3. The van der Waals surface area contributed by atoms with Crippen LogP contribution in [0.3, 0.4) is 0 Å². The van der Waals surface area contributed by atoms with Gasteiger partial charge in [-0.1, -0.05) is 0 Å². The van der Waals surface area contributed by atoms with E-state index in [1.54, 1.807) is 24.5 Å². The van der Waals surface area contributed by atoms with E-state index in [4.69, 9.17) is 0 Å². The van der Waals surface area contributed by atoms with Crippen molar-refractivity contribution in [3.8, 4) is 0 Å². The van der Waals surface area contributed by atoms with Crippen LogP contribution in [-0.4, -0.2) is 41.1 Å². The van der Waals surface area contributed by atoms with E-state index < -0.39 is 0 Å². The van der Waals surface area contributed by atoms with Crippen LogP contribution in [0.4, 0.5) is 0 Å². The highest BCUT2D eigenvalue weighted by Gasteiger charge is 2.28. The van der Waals surface area contributed by atoms with E-state index in [0.717, 1.165) is 25.7 Å². The Hall–Kier alpha value is -1.55. The summed E-state index contributed by atoms with van der Waals surface area (Å²) in [5, 5.41) is 0. The molecule has 1 aromatic heterocycles. The Bertz CT molecular complexity index is 419. The first kappa shape index (κ1) is 12.9. The van der Waals surface area contributed by atoms with Gasteiger partial charge in [0.2, 0.25) is 0 Å². The molecule has 0 aromatic carbocycles. The zero-order valence-electron chi connectivity index (χ0n) is 10.6. The second-order valence-electron chi connectivity index (χ2n) is 4.82.